The zero-order valence-electron chi connectivity index (χ0n) is 13.1. The molecule has 0 N–H and O–H groups in total. The summed E-state index contributed by atoms with van der Waals surface area (Å²) in [5.74, 6) is 1.91. The van der Waals surface area contributed by atoms with E-state index in [-0.39, 0.29) is 17.8 Å². The van der Waals surface area contributed by atoms with Gasteiger partial charge in [0.25, 0.3) is 0 Å². The van der Waals surface area contributed by atoms with Gasteiger partial charge in [0, 0.05) is 18.4 Å². The average molecular weight is 314 g/mol. The second kappa shape index (κ2) is 6.40. The summed E-state index contributed by atoms with van der Waals surface area (Å²) < 4.78 is 18.7. The van der Waals surface area contributed by atoms with Crippen molar-refractivity contribution in [2.45, 2.75) is 56.4 Å². The number of hydrogen-bond acceptors (Lipinski definition) is 3. The third-order valence-corrected chi connectivity index (χ3v) is 5.09. The molecule has 2 fully saturated rings. The van der Waals surface area contributed by atoms with E-state index < -0.39 is 0 Å². The van der Waals surface area contributed by atoms with E-state index in [9.17, 15) is 4.39 Å². The van der Waals surface area contributed by atoms with E-state index in [0.29, 0.717) is 5.92 Å². The molecule has 0 bridgehead atoms. The van der Waals surface area contributed by atoms with Crippen LogP contribution in [0.2, 0.25) is 0 Å². The second-order valence-electron chi connectivity index (χ2n) is 6.62. The van der Waals surface area contributed by atoms with Crippen molar-refractivity contribution in [3.8, 4) is 0 Å². The van der Waals surface area contributed by atoms with Crippen molar-refractivity contribution in [2.24, 2.45) is 0 Å². The smallest absolute Gasteiger partial charge is 0.229 e. The van der Waals surface area contributed by atoms with Gasteiger partial charge in [0.05, 0.1) is 6.04 Å². The maximum atomic E-state index is 13.2. The monoisotopic (exact) mass is 314 g/mol. The highest BCUT2D eigenvalue weighted by molar-refractivity contribution is 5.24. The van der Waals surface area contributed by atoms with Crippen molar-refractivity contribution in [2.75, 3.05) is 6.54 Å². The molecule has 0 amide bonds. The molecule has 1 aliphatic carbocycles. The maximum absolute atomic E-state index is 13.2. The molecule has 1 aliphatic heterocycles. The van der Waals surface area contributed by atoms with E-state index in [0.717, 1.165) is 49.5 Å². The zero-order chi connectivity index (χ0) is 15.6. The fourth-order valence-electron chi connectivity index (χ4n) is 3.83. The molecule has 1 aromatic carbocycles. The standard InChI is InChI=1S/C18H21FN3O/c19-14-9-7-12(8-10-14)16-15(6-3-11-20-16)17-21-18(23-22-17)13-4-1-2-5-13/h7-10,13,15-16H,1-6,11H2. The van der Waals surface area contributed by atoms with Gasteiger partial charge in [0.2, 0.25) is 5.89 Å². The third kappa shape index (κ3) is 3.02. The Morgan fingerprint density at radius 3 is 2.57 bits per heavy atom. The molecule has 2 atom stereocenters. The molecule has 121 valence electrons. The zero-order valence-corrected chi connectivity index (χ0v) is 13.1. The maximum Gasteiger partial charge on any atom is 0.229 e. The van der Waals surface area contributed by atoms with E-state index in [1.165, 1.54) is 25.0 Å². The van der Waals surface area contributed by atoms with E-state index in [2.05, 4.69) is 5.16 Å². The largest absolute Gasteiger partial charge is 0.339 e. The molecule has 1 saturated carbocycles. The summed E-state index contributed by atoms with van der Waals surface area (Å²) in [6.45, 7) is 0.839. The summed E-state index contributed by atoms with van der Waals surface area (Å²) in [4.78, 5) is 4.70. The van der Waals surface area contributed by atoms with Gasteiger partial charge in [-0.25, -0.2) is 9.71 Å². The van der Waals surface area contributed by atoms with E-state index in [4.69, 9.17) is 14.8 Å². The highest BCUT2D eigenvalue weighted by Crippen LogP contribution is 2.39. The molecule has 4 rings (SSSR count). The molecule has 4 nitrogen and oxygen atoms in total. The van der Waals surface area contributed by atoms with Crippen molar-refractivity contribution >= 4 is 0 Å². The van der Waals surface area contributed by atoms with Crippen LogP contribution in [0.15, 0.2) is 28.8 Å². The first-order chi connectivity index (χ1) is 11.3. The molecule has 1 radical (unpaired) electrons. The number of rotatable bonds is 3. The van der Waals surface area contributed by atoms with Crippen LogP contribution in [-0.2, 0) is 0 Å². The van der Waals surface area contributed by atoms with Crippen LogP contribution in [0.1, 0.15) is 73.7 Å². The molecule has 1 aromatic heterocycles. The SMILES string of the molecule is Fc1ccc(C2[N]CCCC2c2noc(C3CCCC3)n2)cc1. The number of aromatic nitrogens is 2. The summed E-state index contributed by atoms with van der Waals surface area (Å²) in [5, 5.41) is 9.01. The number of nitrogens with zero attached hydrogens (tertiary/aromatic N) is 3. The Morgan fingerprint density at radius 2 is 1.78 bits per heavy atom. The van der Waals surface area contributed by atoms with Crippen molar-refractivity contribution in [3.63, 3.8) is 0 Å². The van der Waals surface area contributed by atoms with Gasteiger partial charge < -0.3 is 4.52 Å². The normalized spacial score (nSPS) is 25.8. The summed E-state index contributed by atoms with van der Waals surface area (Å²) >= 11 is 0. The lowest BCUT2D eigenvalue weighted by Gasteiger charge is -2.29. The molecular formula is C18H21FN3O. The molecule has 23 heavy (non-hydrogen) atoms. The molecule has 2 heterocycles. The van der Waals surface area contributed by atoms with Crippen LogP contribution in [0.3, 0.4) is 0 Å². The highest BCUT2D eigenvalue weighted by Gasteiger charge is 2.33. The highest BCUT2D eigenvalue weighted by atomic mass is 19.1. The Labute approximate surface area is 135 Å². The Morgan fingerprint density at radius 1 is 1.00 bits per heavy atom. The molecule has 1 saturated heterocycles. The minimum atomic E-state index is -0.218. The van der Waals surface area contributed by atoms with Gasteiger partial charge in [0.15, 0.2) is 5.82 Å². The minimum absolute atomic E-state index is 0.00150. The van der Waals surface area contributed by atoms with Crippen molar-refractivity contribution in [1.82, 2.24) is 15.5 Å². The summed E-state index contributed by atoms with van der Waals surface area (Å²) in [6.07, 6.45) is 6.83. The number of benzene rings is 1. The second-order valence-corrected chi connectivity index (χ2v) is 6.62. The van der Waals surface area contributed by atoms with Gasteiger partial charge in [-0.1, -0.05) is 30.1 Å². The Kier molecular flexibility index (Phi) is 4.12. The number of halogens is 1. The first-order valence-corrected chi connectivity index (χ1v) is 8.57. The topological polar surface area (TPSA) is 53.0 Å². The Balaban J connectivity index is 1.58. The fraction of sp³-hybridized carbons (Fsp3) is 0.556. The van der Waals surface area contributed by atoms with Crippen molar-refractivity contribution in [1.29, 1.82) is 0 Å². The molecule has 2 unspecified atom stereocenters. The first kappa shape index (κ1) is 14.8. The van der Waals surface area contributed by atoms with Crippen molar-refractivity contribution < 1.29 is 8.91 Å². The summed E-state index contributed by atoms with van der Waals surface area (Å²) in [5.41, 5.74) is 1.03. The predicted octanol–water partition coefficient (Wildman–Crippen LogP) is 4.09. The Hall–Kier alpha value is -1.75. The lowest BCUT2D eigenvalue weighted by Crippen LogP contribution is -2.28. The quantitative estimate of drug-likeness (QED) is 0.857. The first-order valence-electron chi connectivity index (χ1n) is 8.57. The van der Waals surface area contributed by atoms with Gasteiger partial charge in [-0.15, -0.1) is 0 Å². The lowest BCUT2D eigenvalue weighted by atomic mass is 9.85. The van der Waals surface area contributed by atoms with E-state index >= 15 is 0 Å². The van der Waals surface area contributed by atoms with Crippen LogP contribution >= 0.6 is 0 Å². The van der Waals surface area contributed by atoms with Crippen LogP contribution in [0.5, 0.6) is 0 Å². The minimum Gasteiger partial charge on any atom is -0.339 e. The van der Waals surface area contributed by atoms with Gasteiger partial charge in [-0.3, -0.25) is 0 Å². The van der Waals surface area contributed by atoms with Gasteiger partial charge in [0.1, 0.15) is 5.82 Å². The summed E-state index contributed by atoms with van der Waals surface area (Å²) in [7, 11) is 0. The van der Waals surface area contributed by atoms with Crippen LogP contribution in [0, 0.1) is 5.82 Å². The molecule has 5 heteroatoms. The van der Waals surface area contributed by atoms with Gasteiger partial charge in [-0.2, -0.15) is 4.98 Å². The predicted molar refractivity (Wildman–Crippen MR) is 83.6 cm³/mol. The van der Waals surface area contributed by atoms with E-state index in [1.54, 1.807) is 0 Å². The third-order valence-electron chi connectivity index (χ3n) is 5.09. The number of piperidine rings is 1. The molecular weight excluding hydrogens is 293 g/mol. The van der Waals surface area contributed by atoms with Crippen molar-refractivity contribution in [3.05, 3.63) is 47.4 Å². The fourth-order valence-corrected chi connectivity index (χ4v) is 3.83. The van der Waals surface area contributed by atoms with E-state index in [1.807, 2.05) is 12.1 Å². The van der Waals surface area contributed by atoms with Crippen LogP contribution in [0.25, 0.3) is 0 Å². The van der Waals surface area contributed by atoms with Gasteiger partial charge in [-0.05, 0) is 43.4 Å². The van der Waals surface area contributed by atoms with Crippen LogP contribution in [-0.4, -0.2) is 16.7 Å². The molecule has 2 aliphatic rings. The number of hydrogen-bond donors (Lipinski definition) is 0. The van der Waals surface area contributed by atoms with Gasteiger partial charge >= 0.3 is 0 Å². The Bertz CT molecular complexity index is 649. The van der Waals surface area contributed by atoms with Crippen LogP contribution in [0.4, 0.5) is 4.39 Å². The lowest BCUT2D eigenvalue weighted by molar-refractivity contribution is 0.316. The average Bonchev–Trinajstić information content (AvgIpc) is 3.27. The summed E-state index contributed by atoms with van der Waals surface area (Å²) in [6, 6.07) is 6.63. The molecule has 0 spiro atoms. The van der Waals surface area contributed by atoms with Crippen LogP contribution < -0.4 is 5.32 Å². The molecule has 2 aromatic rings.